The van der Waals surface area contributed by atoms with Gasteiger partial charge in [0.2, 0.25) is 0 Å². The fraction of sp³-hybridized carbons (Fsp3) is 0.125. The molecule has 0 aliphatic carbocycles. The molecule has 0 atom stereocenters. The van der Waals surface area contributed by atoms with Crippen molar-refractivity contribution in [1.82, 2.24) is 3.97 Å². The van der Waals surface area contributed by atoms with Crippen LogP contribution >= 0.6 is 22.3 Å². The Bertz CT molecular complexity index is 1170. The maximum Gasteiger partial charge on any atom is 0.278 e. The van der Waals surface area contributed by atoms with Gasteiger partial charge >= 0.3 is 0 Å². The van der Waals surface area contributed by atoms with Gasteiger partial charge in [0.05, 0.1) is 10.4 Å². The van der Waals surface area contributed by atoms with Crippen molar-refractivity contribution in [2.75, 3.05) is 0 Å². The van der Waals surface area contributed by atoms with E-state index in [1.54, 1.807) is 25.1 Å². The third kappa shape index (κ3) is 3.06. The van der Waals surface area contributed by atoms with Gasteiger partial charge in [-0.25, -0.2) is 20.8 Å². The van der Waals surface area contributed by atoms with E-state index in [4.69, 9.17) is 22.3 Å². The summed E-state index contributed by atoms with van der Waals surface area (Å²) in [6.07, 6.45) is 0.273. The lowest BCUT2D eigenvalue weighted by Gasteiger charge is -2.11. The summed E-state index contributed by atoms with van der Waals surface area (Å²) >= 11 is 6.01. The van der Waals surface area contributed by atoms with Crippen LogP contribution in [-0.4, -0.2) is 20.8 Å². The number of aryl methyl sites for hydroxylation is 1. The van der Waals surface area contributed by atoms with Crippen LogP contribution in [-0.2, 0) is 25.5 Å². The van der Waals surface area contributed by atoms with Gasteiger partial charge in [0.15, 0.2) is 5.03 Å². The van der Waals surface area contributed by atoms with Gasteiger partial charge in [-0.1, -0.05) is 36.7 Å². The smallest absolute Gasteiger partial charge is 0.221 e. The van der Waals surface area contributed by atoms with Gasteiger partial charge in [0, 0.05) is 21.1 Å². The Hall–Kier alpha value is -1.54. The summed E-state index contributed by atoms with van der Waals surface area (Å²) in [5.41, 5.74) is 0.524. The maximum absolute atomic E-state index is 13.1. The predicted octanol–water partition coefficient (Wildman–Crippen LogP) is 4.02. The minimum atomic E-state index is -4.33. The van der Waals surface area contributed by atoms with E-state index in [0.717, 1.165) is 3.97 Å². The number of benzene rings is 2. The summed E-state index contributed by atoms with van der Waals surface area (Å²) in [7, 11) is -2.89. The Morgan fingerprint density at radius 3 is 2.20 bits per heavy atom. The molecule has 0 unspecified atom stereocenters. The number of aromatic nitrogens is 1. The number of fused-ring (bicyclic) bond motifs is 1. The van der Waals surface area contributed by atoms with Crippen LogP contribution in [0.25, 0.3) is 10.9 Å². The molecule has 0 aliphatic heterocycles. The molecule has 1 heterocycles. The molecule has 1 aromatic heterocycles. The van der Waals surface area contributed by atoms with Crippen LogP contribution in [0.4, 0.5) is 0 Å². The average Bonchev–Trinajstić information content (AvgIpc) is 2.90. The molecule has 0 saturated heterocycles. The lowest BCUT2D eigenvalue weighted by molar-refractivity contribution is 0.577. The molecule has 2 aromatic carbocycles. The van der Waals surface area contributed by atoms with Crippen molar-refractivity contribution in [1.29, 1.82) is 0 Å². The lowest BCUT2D eigenvalue weighted by Crippen LogP contribution is -2.17. The Kier molecular flexibility index (Phi) is 4.61. The largest absolute Gasteiger partial charge is 0.278 e. The molecule has 25 heavy (non-hydrogen) atoms. The summed E-state index contributed by atoms with van der Waals surface area (Å²) < 4.78 is 51.5. The Morgan fingerprint density at radius 2 is 1.64 bits per heavy atom. The molecule has 3 aromatic rings. The number of hydrogen-bond acceptors (Lipinski definition) is 4. The van der Waals surface area contributed by atoms with Gasteiger partial charge in [-0.15, -0.1) is 0 Å². The highest BCUT2D eigenvalue weighted by atomic mass is 35.7. The molecule has 3 rings (SSSR count). The molecular weight excluding hydrogens is 405 g/mol. The highest BCUT2D eigenvalue weighted by Gasteiger charge is 2.32. The first-order chi connectivity index (χ1) is 11.7. The first-order valence-electron chi connectivity index (χ1n) is 7.26. The molecule has 132 valence electrons. The molecule has 0 bridgehead atoms. The molecule has 0 spiro atoms. The minimum absolute atomic E-state index is 0.0360. The quantitative estimate of drug-likeness (QED) is 0.600. The van der Waals surface area contributed by atoms with Gasteiger partial charge in [-0.05, 0) is 42.3 Å². The topological polar surface area (TPSA) is 73.2 Å². The molecule has 0 fully saturated rings. The summed E-state index contributed by atoms with van der Waals surface area (Å²) in [5.74, 6) is 0. The fourth-order valence-electron chi connectivity index (χ4n) is 2.80. The molecule has 9 heteroatoms. The van der Waals surface area contributed by atoms with Crippen LogP contribution in [0, 0.1) is 0 Å². The van der Waals surface area contributed by atoms with E-state index >= 15 is 0 Å². The maximum atomic E-state index is 13.1. The zero-order valence-electron chi connectivity index (χ0n) is 13.0. The average molecular weight is 418 g/mol. The lowest BCUT2D eigenvalue weighted by atomic mass is 10.1. The molecule has 0 amide bonds. The first-order valence-corrected chi connectivity index (χ1v) is 11.4. The zero-order chi connectivity index (χ0) is 18.4. The molecule has 0 radical (unpaired) electrons. The van der Waals surface area contributed by atoms with Crippen molar-refractivity contribution >= 4 is 52.3 Å². The molecule has 0 aliphatic rings. The standard InChI is InChI=1S/C16H13Cl2NO4S2/c1-2-13-14-10-11(17)8-9-15(14)19(16(13)24(18,20)21)25(22,23)12-6-4-3-5-7-12/h3-10H,2H2,1H3. The normalized spacial score (nSPS) is 12.6. The van der Waals surface area contributed by atoms with Crippen molar-refractivity contribution in [2.24, 2.45) is 0 Å². The van der Waals surface area contributed by atoms with Crippen molar-refractivity contribution in [3.05, 3.63) is 59.1 Å². The highest BCUT2D eigenvalue weighted by Crippen LogP contribution is 2.36. The van der Waals surface area contributed by atoms with Crippen molar-refractivity contribution in [3.63, 3.8) is 0 Å². The number of rotatable bonds is 4. The van der Waals surface area contributed by atoms with Gasteiger partial charge < -0.3 is 0 Å². The third-order valence-corrected chi connectivity index (χ3v) is 7.22. The number of halogens is 2. The van der Waals surface area contributed by atoms with Gasteiger partial charge in [-0.3, -0.25) is 0 Å². The van der Waals surface area contributed by atoms with E-state index in [1.807, 2.05) is 0 Å². The predicted molar refractivity (Wildman–Crippen MR) is 98.4 cm³/mol. The Balaban J connectivity index is 2.55. The number of nitrogens with zero attached hydrogens (tertiary/aromatic N) is 1. The van der Waals surface area contributed by atoms with E-state index < -0.39 is 24.1 Å². The SMILES string of the molecule is CCc1c(S(=O)(=O)Cl)n(S(=O)(=O)c2ccccc2)c2ccc(Cl)cc12. The van der Waals surface area contributed by atoms with Crippen LogP contribution in [0.15, 0.2) is 58.5 Å². The van der Waals surface area contributed by atoms with Crippen LogP contribution in [0.5, 0.6) is 0 Å². The molecule has 0 saturated carbocycles. The summed E-state index contributed by atoms with van der Waals surface area (Å²) in [6.45, 7) is 1.72. The monoisotopic (exact) mass is 417 g/mol. The van der Waals surface area contributed by atoms with Gasteiger partial charge in [0.1, 0.15) is 0 Å². The zero-order valence-corrected chi connectivity index (χ0v) is 16.1. The van der Waals surface area contributed by atoms with Gasteiger partial charge in [-0.2, -0.15) is 0 Å². The Labute approximate surface area is 155 Å². The van der Waals surface area contributed by atoms with Gasteiger partial charge in [0.25, 0.3) is 19.1 Å². The van der Waals surface area contributed by atoms with Crippen LogP contribution in [0.2, 0.25) is 5.02 Å². The van der Waals surface area contributed by atoms with Crippen molar-refractivity contribution < 1.29 is 16.8 Å². The second-order valence-electron chi connectivity index (χ2n) is 5.32. The van der Waals surface area contributed by atoms with Crippen molar-refractivity contribution in [2.45, 2.75) is 23.3 Å². The van der Waals surface area contributed by atoms with E-state index in [9.17, 15) is 16.8 Å². The second-order valence-corrected chi connectivity index (χ2v) is 10.0. The van der Waals surface area contributed by atoms with E-state index in [0.29, 0.717) is 16.0 Å². The van der Waals surface area contributed by atoms with Crippen LogP contribution in [0.3, 0.4) is 0 Å². The highest BCUT2D eigenvalue weighted by molar-refractivity contribution is 8.14. The van der Waals surface area contributed by atoms with E-state index in [1.165, 1.54) is 30.3 Å². The van der Waals surface area contributed by atoms with E-state index in [2.05, 4.69) is 0 Å². The third-order valence-electron chi connectivity index (χ3n) is 3.81. The van der Waals surface area contributed by atoms with E-state index in [-0.39, 0.29) is 16.8 Å². The fourth-order valence-corrected chi connectivity index (χ4v) is 6.47. The second kappa shape index (κ2) is 6.32. The minimum Gasteiger partial charge on any atom is -0.221 e. The molecule has 0 N–H and O–H groups in total. The molecule has 5 nitrogen and oxygen atoms in total. The van der Waals surface area contributed by atoms with Crippen LogP contribution in [0.1, 0.15) is 12.5 Å². The summed E-state index contributed by atoms with van der Waals surface area (Å²) in [5, 5.41) is 0.362. The summed E-state index contributed by atoms with van der Waals surface area (Å²) in [4.78, 5) is -0.0360. The molecular formula is C16H13Cl2NO4S2. The van der Waals surface area contributed by atoms with Crippen LogP contribution < -0.4 is 0 Å². The number of hydrogen-bond donors (Lipinski definition) is 0. The van der Waals surface area contributed by atoms with Crippen molar-refractivity contribution in [3.8, 4) is 0 Å². The Morgan fingerprint density at radius 1 is 1.00 bits per heavy atom. The first kappa shape index (κ1) is 18.3. The summed E-state index contributed by atoms with van der Waals surface area (Å²) in [6, 6.07) is 12.1.